The Balaban J connectivity index is 1.99. The molecule has 0 unspecified atom stereocenters. The monoisotopic (exact) mass is 848 g/mol. The molecule has 0 saturated heterocycles. The van der Waals surface area contributed by atoms with Gasteiger partial charge in [-0.05, 0) is 81.1 Å². The van der Waals surface area contributed by atoms with Gasteiger partial charge in [-0.2, -0.15) is 11.8 Å². The normalized spacial score (nSPS) is 10.9. The van der Waals surface area contributed by atoms with Crippen molar-refractivity contribution in [1.29, 1.82) is 0 Å². The van der Waals surface area contributed by atoms with Crippen LogP contribution in [0.25, 0.3) is 0 Å². The van der Waals surface area contributed by atoms with Crippen LogP contribution in [0.2, 0.25) is 0 Å². The lowest BCUT2D eigenvalue weighted by Crippen LogP contribution is -2.40. The van der Waals surface area contributed by atoms with Crippen molar-refractivity contribution in [1.82, 2.24) is 14.7 Å². The fourth-order valence-electron chi connectivity index (χ4n) is 5.45. The number of likely N-dealkylation sites (N-methyl/N-ethyl adjacent to an activating group) is 2. The van der Waals surface area contributed by atoms with Crippen molar-refractivity contribution in [3.63, 3.8) is 0 Å². The third-order valence-corrected chi connectivity index (χ3v) is 9.53. The van der Waals surface area contributed by atoms with E-state index in [0.717, 1.165) is 36.6 Å². The molecule has 0 spiro atoms. The van der Waals surface area contributed by atoms with Gasteiger partial charge < -0.3 is 38.2 Å². The Labute approximate surface area is 351 Å². The van der Waals surface area contributed by atoms with Gasteiger partial charge in [0.05, 0.1) is 36.9 Å². The number of hydrogen-bond donors (Lipinski definition) is 0. The first-order chi connectivity index (χ1) is 28.4. The third-order valence-electron chi connectivity index (χ3n) is 8.92. The van der Waals surface area contributed by atoms with Crippen LogP contribution in [-0.2, 0) is 35.1 Å². The molecule has 3 amide bonds. The maximum Gasteiger partial charge on any atom is 0.514 e. The number of nitrogens with zero attached hydrogens (tertiary/aromatic N) is 4. The fraction of sp³-hybridized carbons (Fsp3) is 0.585. The molecule has 0 fully saturated rings. The average molecular weight is 849 g/mol. The lowest BCUT2D eigenvalue weighted by atomic mass is 10.1. The van der Waals surface area contributed by atoms with Crippen molar-refractivity contribution in [2.75, 3.05) is 90.9 Å². The van der Waals surface area contributed by atoms with E-state index >= 15 is 0 Å². The summed E-state index contributed by atoms with van der Waals surface area (Å²) in [4.78, 5) is 79.2. The highest BCUT2D eigenvalue weighted by molar-refractivity contribution is 7.98. The SMILES string of the molecule is CCN(CC)CCN(CC)C(=O)Oc1ccc(COC(=O)Oc2ccc([N+](=O)[O-])cc2)cc1C(=O)N(CCCOCCOCCOCCCCC(=O)CCSC)C(C)=O. The van der Waals surface area contributed by atoms with Crippen LogP contribution in [0.3, 0.4) is 0 Å². The van der Waals surface area contributed by atoms with E-state index < -0.39 is 29.0 Å². The van der Waals surface area contributed by atoms with Gasteiger partial charge in [0.2, 0.25) is 5.91 Å². The van der Waals surface area contributed by atoms with Gasteiger partial charge in [-0.15, -0.1) is 0 Å². The van der Waals surface area contributed by atoms with Crippen LogP contribution < -0.4 is 9.47 Å². The molecule has 2 rings (SSSR count). The first kappa shape index (κ1) is 50.5. The summed E-state index contributed by atoms with van der Waals surface area (Å²) in [5.41, 5.74) is 0.0442. The zero-order chi connectivity index (χ0) is 43.4. The molecule has 328 valence electrons. The molecule has 2 aromatic carbocycles. The largest absolute Gasteiger partial charge is 0.514 e. The van der Waals surface area contributed by atoms with E-state index in [9.17, 15) is 34.1 Å². The van der Waals surface area contributed by atoms with Crippen molar-refractivity contribution >= 4 is 47.3 Å². The van der Waals surface area contributed by atoms with E-state index in [4.69, 9.17) is 28.4 Å². The molecule has 0 aromatic heterocycles. The van der Waals surface area contributed by atoms with Crippen molar-refractivity contribution in [3.05, 3.63) is 63.7 Å². The van der Waals surface area contributed by atoms with E-state index in [2.05, 4.69) is 4.90 Å². The Kier molecular flexibility index (Phi) is 25.3. The van der Waals surface area contributed by atoms with Gasteiger partial charge >= 0.3 is 12.2 Å². The molecule has 0 N–H and O–H groups in total. The van der Waals surface area contributed by atoms with Crippen LogP contribution in [0.1, 0.15) is 75.7 Å². The molecule has 0 bridgehead atoms. The number of nitro groups is 1. The van der Waals surface area contributed by atoms with Crippen LogP contribution >= 0.6 is 11.8 Å². The number of unbranched alkanes of at least 4 members (excludes halogenated alkanes) is 1. The summed E-state index contributed by atoms with van der Waals surface area (Å²) in [5.74, 6) is -0.186. The first-order valence-electron chi connectivity index (χ1n) is 19.9. The number of hydrogen-bond acceptors (Lipinski definition) is 15. The van der Waals surface area contributed by atoms with Crippen LogP contribution in [0.4, 0.5) is 15.3 Å². The number of rotatable bonds is 30. The number of carbonyl (C=O) groups is 5. The van der Waals surface area contributed by atoms with Crippen LogP contribution in [0, 0.1) is 10.1 Å². The summed E-state index contributed by atoms with van der Waals surface area (Å²) in [7, 11) is 0. The summed E-state index contributed by atoms with van der Waals surface area (Å²) >= 11 is 1.67. The minimum absolute atomic E-state index is 0.00661. The smallest absolute Gasteiger partial charge is 0.429 e. The molecule has 2 aromatic rings. The standard InChI is InChI=1S/C41H60N4O13S/c1-6-42(7-2)21-22-43(8-3)40(49)58-38-18-13-33(31-56-41(50)57-36-16-14-34(15-17-36)45(51)52)30-37(38)39(48)44(32(4)46)20-11-24-54-26-28-55-27-25-53-23-10-9-12-35(47)19-29-59-5/h13-18,30H,6-12,19-29,31H2,1-5H3. The van der Waals surface area contributed by atoms with E-state index in [0.29, 0.717) is 77.5 Å². The van der Waals surface area contributed by atoms with Gasteiger partial charge in [-0.25, -0.2) is 9.59 Å². The van der Waals surface area contributed by atoms with Gasteiger partial charge in [0.25, 0.3) is 11.6 Å². The average Bonchev–Trinajstić information content (AvgIpc) is 3.22. The molecular weight excluding hydrogens is 789 g/mol. The molecule has 0 atom stereocenters. The minimum atomic E-state index is -1.10. The molecule has 0 aliphatic rings. The Morgan fingerprint density at radius 3 is 1.98 bits per heavy atom. The summed E-state index contributed by atoms with van der Waals surface area (Å²) < 4.78 is 32.8. The molecule has 0 aliphatic carbocycles. The van der Waals surface area contributed by atoms with Crippen molar-refractivity contribution in [2.24, 2.45) is 0 Å². The second kappa shape index (κ2) is 29.6. The van der Waals surface area contributed by atoms with E-state index in [1.807, 2.05) is 27.0 Å². The molecular formula is C41H60N4O13S. The number of imide groups is 1. The van der Waals surface area contributed by atoms with Crippen molar-refractivity contribution in [3.8, 4) is 11.5 Å². The molecule has 17 nitrogen and oxygen atoms in total. The number of benzene rings is 2. The number of ketones is 1. The molecule has 18 heteroatoms. The Hall–Kier alpha value is -4.62. The van der Waals surface area contributed by atoms with Crippen LogP contribution in [0.5, 0.6) is 11.5 Å². The second-order valence-electron chi connectivity index (χ2n) is 13.1. The Morgan fingerprint density at radius 1 is 0.746 bits per heavy atom. The summed E-state index contributed by atoms with van der Waals surface area (Å²) in [6.07, 6.45) is 3.36. The maximum atomic E-state index is 14.0. The lowest BCUT2D eigenvalue weighted by Gasteiger charge is -2.25. The molecule has 0 heterocycles. The first-order valence-corrected chi connectivity index (χ1v) is 21.3. The van der Waals surface area contributed by atoms with E-state index in [1.54, 1.807) is 11.8 Å². The predicted octanol–water partition coefficient (Wildman–Crippen LogP) is 6.39. The van der Waals surface area contributed by atoms with E-state index in [1.165, 1.54) is 54.3 Å². The zero-order valence-corrected chi connectivity index (χ0v) is 35.8. The Morgan fingerprint density at radius 2 is 1.39 bits per heavy atom. The summed E-state index contributed by atoms with van der Waals surface area (Å²) in [5, 5.41) is 10.9. The number of non-ortho nitro benzene ring substituents is 1. The van der Waals surface area contributed by atoms with Crippen molar-refractivity contribution in [2.45, 2.75) is 66.4 Å². The van der Waals surface area contributed by atoms with Gasteiger partial charge in [0, 0.05) is 71.3 Å². The topological polar surface area (TPSA) is 194 Å². The maximum absolute atomic E-state index is 14.0. The Bertz CT molecular complexity index is 1610. The van der Waals surface area contributed by atoms with Crippen molar-refractivity contribution < 1.29 is 57.3 Å². The highest BCUT2D eigenvalue weighted by Gasteiger charge is 2.26. The number of thioether (sulfide) groups is 1. The lowest BCUT2D eigenvalue weighted by molar-refractivity contribution is -0.384. The molecule has 0 aliphatic heterocycles. The fourth-order valence-corrected chi connectivity index (χ4v) is 5.88. The number of nitro benzene ring substituents is 1. The van der Waals surface area contributed by atoms with Gasteiger partial charge in [-0.3, -0.25) is 29.4 Å². The van der Waals surface area contributed by atoms with Gasteiger partial charge in [-0.1, -0.05) is 19.9 Å². The molecule has 0 saturated carbocycles. The number of Topliss-reactive ketones (excluding diaryl/α,β-unsaturated/α-hetero) is 1. The van der Waals surface area contributed by atoms with Crippen LogP contribution in [0.15, 0.2) is 42.5 Å². The number of ether oxygens (including phenoxy) is 6. The molecule has 0 radical (unpaired) electrons. The third kappa shape index (κ3) is 20.3. The number of amides is 3. The highest BCUT2D eigenvalue weighted by Crippen LogP contribution is 2.25. The zero-order valence-electron chi connectivity index (χ0n) is 35.0. The summed E-state index contributed by atoms with van der Waals surface area (Å²) in [6, 6.07) is 9.12. The molecule has 59 heavy (non-hydrogen) atoms. The second-order valence-corrected chi connectivity index (χ2v) is 14.1. The van der Waals surface area contributed by atoms with Crippen LogP contribution in [-0.4, -0.2) is 140 Å². The predicted molar refractivity (Wildman–Crippen MR) is 222 cm³/mol. The minimum Gasteiger partial charge on any atom is -0.429 e. The van der Waals surface area contributed by atoms with E-state index in [-0.39, 0.29) is 48.3 Å². The number of carbonyl (C=O) groups excluding carboxylic acids is 5. The summed E-state index contributed by atoms with van der Waals surface area (Å²) in [6.45, 7) is 12.0. The highest BCUT2D eigenvalue weighted by atomic mass is 32.2. The quantitative estimate of drug-likeness (QED) is 0.0276. The van der Waals surface area contributed by atoms with Gasteiger partial charge in [0.1, 0.15) is 23.9 Å². The van der Waals surface area contributed by atoms with Gasteiger partial charge in [0.15, 0.2) is 0 Å².